The molecule has 0 bridgehead atoms. The normalized spacial score (nSPS) is 21.7. The SMILES string of the molecule is C=C[C@@]1(C(=O)[C@]2(NC(=O)OCC3c4ccccc4-c4ccccc43)C[C@@H](Oc3cc(-c4ccccc4)nc4cc(OC)ccc34)CN2C(=O)CCC)C[C@]1(N)C(=O)NS(=O)(=O)c1ccccc1. The summed E-state index contributed by atoms with van der Waals surface area (Å²) >= 11 is 0. The summed E-state index contributed by atoms with van der Waals surface area (Å²) in [5, 5.41) is 3.44. The zero-order valence-corrected chi connectivity index (χ0v) is 37.8. The maximum absolute atomic E-state index is 15.8. The van der Waals surface area contributed by atoms with E-state index < -0.39 is 56.4 Å². The highest BCUT2D eigenvalue weighted by Gasteiger charge is 2.77. The van der Waals surface area contributed by atoms with Gasteiger partial charge in [-0.1, -0.05) is 110 Å². The van der Waals surface area contributed by atoms with Gasteiger partial charge in [-0.2, -0.15) is 0 Å². The first-order valence-electron chi connectivity index (χ1n) is 22.0. The van der Waals surface area contributed by atoms with Crippen LogP contribution in [0.3, 0.4) is 0 Å². The largest absolute Gasteiger partial charge is 0.497 e. The van der Waals surface area contributed by atoms with Crippen LogP contribution in [-0.2, 0) is 29.1 Å². The van der Waals surface area contributed by atoms with Gasteiger partial charge in [0.2, 0.25) is 5.91 Å². The van der Waals surface area contributed by atoms with Gasteiger partial charge in [-0.25, -0.2) is 22.9 Å². The van der Waals surface area contributed by atoms with E-state index in [2.05, 4.69) is 11.9 Å². The Kier molecular flexibility index (Phi) is 11.7. The molecule has 3 amide bonds. The van der Waals surface area contributed by atoms with Crippen molar-refractivity contribution in [1.29, 1.82) is 0 Å². The van der Waals surface area contributed by atoms with E-state index in [9.17, 15) is 22.8 Å². The summed E-state index contributed by atoms with van der Waals surface area (Å²) in [5.74, 6) is -1.90. The number of fused-ring (bicyclic) bond motifs is 4. The van der Waals surface area contributed by atoms with E-state index in [1.165, 1.54) is 35.2 Å². The summed E-state index contributed by atoms with van der Waals surface area (Å²) in [6, 6.07) is 39.5. The number of ether oxygens (including phenoxy) is 3. The predicted molar refractivity (Wildman–Crippen MR) is 251 cm³/mol. The smallest absolute Gasteiger partial charge is 0.409 e. The van der Waals surface area contributed by atoms with Crippen molar-refractivity contribution >= 4 is 44.6 Å². The van der Waals surface area contributed by atoms with E-state index >= 15 is 4.79 Å². The predicted octanol–water partition coefficient (Wildman–Crippen LogP) is 7.27. The van der Waals surface area contributed by atoms with Gasteiger partial charge in [0.05, 0.1) is 35.2 Å². The average molecular weight is 920 g/mol. The van der Waals surface area contributed by atoms with Crippen molar-refractivity contribution in [2.45, 2.75) is 60.7 Å². The number of aromatic nitrogens is 1. The molecule has 15 heteroatoms. The van der Waals surface area contributed by atoms with Crippen LogP contribution in [0.15, 0.2) is 151 Å². The maximum Gasteiger partial charge on any atom is 0.409 e. The van der Waals surface area contributed by atoms with Crippen LogP contribution < -0.4 is 25.2 Å². The van der Waals surface area contributed by atoms with E-state index in [4.69, 9.17) is 24.9 Å². The minimum Gasteiger partial charge on any atom is -0.497 e. The van der Waals surface area contributed by atoms with E-state index in [-0.39, 0.29) is 43.2 Å². The fraction of sp³-hybridized carbons (Fsp3) is 0.250. The second-order valence-corrected chi connectivity index (χ2v) is 18.8. The molecular weight excluding hydrogens is 871 g/mol. The molecule has 1 saturated heterocycles. The van der Waals surface area contributed by atoms with Crippen LogP contribution in [0, 0.1) is 5.41 Å². The molecule has 6 aromatic rings. The minimum absolute atomic E-state index is 0.0189. The molecule has 342 valence electrons. The Labute approximate surface area is 388 Å². The number of rotatable bonds is 15. The van der Waals surface area contributed by atoms with Crippen molar-refractivity contribution in [2.24, 2.45) is 11.1 Å². The number of nitrogens with one attached hydrogen (secondary N) is 2. The van der Waals surface area contributed by atoms with Crippen LogP contribution in [0.1, 0.15) is 49.7 Å². The van der Waals surface area contributed by atoms with Crippen LogP contribution in [0.2, 0.25) is 0 Å². The Morgan fingerprint density at radius 3 is 2.16 bits per heavy atom. The van der Waals surface area contributed by atoms with E-state index in [1.54, 1.807) is 37.4 Å². The molecular formula is C52H49N5O9S. The lowest BCUT2D eigenvalue weighted by Gasteiger charge is -2.39. The van der Waals surface area contributed by atoms with Gasteiger partial charge in [0.1, 0.15) is 29.7 Å². The molecule has 14 nitrogen and oxygen atoms in total. The third-order valence-electron chi connectivity index (χ3n) is 13.2. The van der Waals surface area contributed by atoms with Crippen molar-refractivity contribution in [2.75, 3.05) is 20.3 Å². The Morgan fingerprint density at radius 1 is 0.881 bits per heavy atom. The topological polar surface area (TPSA) is 196 Å². The Bertz CT molecular complexity index is 3010. The van der Waals surface area contributed by atoms with Gasteiger partial charge in [0, 0.05) is 41.8 Å². The van der Waals surface area contributed by atoms with E-state index in [0.717, 1.165) is 27.8 Å². The van der Waals surface area contributed by atoms with Crippen molar-refractivity contribution in [1.82, 2.24) is 19.9 Å². The Balaban J connectivity index is 1.10. The number of sulfonamides is 1. The molecule has 2 aliphatic carbocycles. The summed E-state index contributed by atoms with van der Waals surface area (Å²) in [5.41, 5.74) is 6.30. The molecule has 4 N–H and O–H groups in total. The number of likely N-dealkylation sites (tertiary alicyclic amines) is 1. The molecule has 67 heavy (non-hydrogen) atoms. The molecule has 0 radical (unpaired) electrons. The molecule has 2 fully saturated rings. The molecule has 4 atom stereocenters. The first-order valence-corrected chi connectivity index (χ1v) is 23.5. The number of hydrogen-bond acceptors (Lipinski definition) is 11. The van der Waals surface area contributed by atoms with Gasteiger partial charge in [0.15, 0.2) is 11.4 Å². The lowest BCUT2D eigenvalue weighted by molar-refractivity contribution is -0.148. The number of carbonyl (C=O) groups is 4. The number of benzene rings is 5. The van der Waals surface area contributed by atoms with Crippen LogP contribution in [0.4, 0.5) is 4.79 Å². The second kappa shape index (κ2) is 17.5. The number of amides is 3. The van der Waals surface area contributed by atoms with Crippen LogP contribution >= 0.6 is 0 Å². The van der Waals surface area contributed by atoms with Gasteiger partial charge < -0.3 is 24.8 Å². The lowest BCUT2D eigenvalue weighted by atomic mass is 9.83. The number of hydrogen-bond donors (Lipinski definition) is 3. The average Bonchev–Trinajstić information content (AvgIpc) is 3.64. The number of nitrogens with zero attached hydrogens (tertiary/aromatic N) is 2. The zero-order valence-electron chi connectivity index (χ0n) is 36.9. The standard InChI is InChI=1S/C52H49N5O9S/c1-4-16-46(58)57-30-35(66-45-28-43(33-17-8-6-9-18-33)54-44-27-34(64-3)25-26-41(44)45)29-52(57,55-49(61)65-31-42-39-23-14-12-21-37(39)38-22-13-15-24-40(38)42)47(59)50(5-2)32-51(50,53)48(60)56-67(62,63)36-19-10-7-11-20-36/h5-15,17-28,35,42H,2,4,16,29-32,53H2,1,3H3,(H,55,61)(H,56,60)/t35-,50+,51+,52+/m1/s1. The Hall–Kier alpha value is -7.36. The van der Waals surface area contributed by atoms with E-state index in [0.29, 0.717) is 34.5 Å². The first-order chi connectivity index (χ1) is 32.3. The highest BCUT2D eigenvalue weighted by atomic mass is 32.2. The summed E-state index contributed by atoms with van der Waals surface area (Å²) in [6.07, 6.45) is -1.10. The lowest BCUT2D eigenvalue weighted by Crippen LogP contribution is -2.67. The third-order valence-corrected chi connectivity index (χ3v) is 14.5. The molecule has 3 aliphatic rings. The summed E-state index contributed by atoms with van der Waals surface area (Å²) in [4.78, 5) is 64.8. The number of ketones is 1. The minimum atomic E-state index is -4.43. The van der Waals surface area contributed by atoms with Crippen molar-refractivity contribution < 1.29 is 41.8 Å². The summed E-state index contributed by atoms with van der Waals surface area (Å²) in [7, 11) is -2.88. The number of carbonyl (C=O) groups excluding carboxylic acids is 4. The van der Waals surface area contributed by atoms with Gasteiger partial charge >= 0.3 is 6.09 Å². The second-order valence-electron chi connectivity index (χ2n) is 17.2. The quantitative estimate of drug-likeness (QED) is 0.0877. The molecule has 0 unspecified atom stereocenters. The number of pyridine rings is 1. The maximum atomic E-state index is 15.8. The molecule has 0 spiro atoms. The number of Topliss-reactive ketones (excluding diaryl/α,β-unsaturated/α-hetero) is 1. The number of nitrogens with two attached hydrogens (primary N) is 1. The van der Waals surface area contributed by atoms with Gasteiger partial charge in [0.25, 0.3) is 15.9 Å². The fourth-order valence-electron chi connectivity index (χ4n) is 9.69. The van der Waals surface area contributed by atoms with Gasteiger partial charge in [-0.3, -0.25) is 19.7 Å². The number of methoxy groups -OCH3 is 1. The van der Waals surface area contributed by atoms with Gasteiger partial charge in [-0.15, -0.1) is 6.58 Å². The molecule has 1 saturated carbocycles. The first kappa shape index (κ1) is 44.8. The molecule has 2 heterocycles. The van der Waals surface area contributed by atoms with Gasteiger partial charge in [-0.05, 0) is 59.4 Å². The third kappa shape index (κ3) is 7.87. The Morgan fingerprint density at radius 2 is 1.52 bits per heavy atom. The fourth-order valence-corrected chi connectivity index (χ4v) is 10.7. The van der Waals surface area contributed by atoms with Crippen LogP contribution in [-0.4, -0.2) is 79.6 Å². The molecule has 9 rings (SSSR count). The molecule has 1 aliphatic heterocycles. The number of alkyl carbamates (subject to hydrolysis) is 1. The molecule has 5 aromatic carbocycles. The van der Waals surface area contributed by atoms with Crippen LogP contribution in [0.5, 0.6) is 11.5 Å². The summed E-state index contributed by atoms with van der Waals surface area (Å²) in [6.45, 7) is 5.42. The van der Waals surface area contributed by atoms with Crippen molar-refractivity contribution in [3.05, 3.63) is 157 Å². The highest BCUT2D eigenvalue weighted by molar-refractivity contribution is 7.90. The monoisotopic (exact) mass is 919 g/mol. The molecule has 1 aromatic heterocycles. The highest BCUT2D eigenvalue weighted by Crippen LogP contribution is 2.59. The van der Waals surface area contributed by atoms with Crippen molar-refractivity contribution in [3.63, 3.8) is 0 Å². The van der Waals surface area contributed by atoms with Crippen LogP contribution in [0.25, 0.3) is 33.3 Å². The summed E-state index contributed by atoms with van der Waals surface area (Å²) < 4.78 is 47.2. The zero-order chi connectivity index (χ0) is 47.1. The van der Waals surface area contributed by atoms with E-state index in [1.807, 2.05) is 90.5 Å². The van der Waals surface area contributed by atoms with Crippen molar-refractivity contribution in [3.8, 4) is 33.9 Å².